The molecule has 8 heteroatoms. The lowest BCUT2D eigenvalue weighted by atomic mass is 10.3. The van der Waals surface area contributed by atoms with Gasteiger partial charge in [-0.1, -0.05) is 11.6 Å². The maximum Gasteiger partial charge on any atom is 0.508 e. The largest absolute Gasteiger partial charge is 0.508 e. The van der Waals surface area contributed by atoms with Crippen LogP contribution >= 0.6 is 11.6 Å². The minimum absolute atomic E-state index is 0.140. The Morgan fingerprint density at radius 1 is 0.875 bits per heavy atom. The van der Waals surface area contributed by atoms with Crippen LogP contribution in [0, 0.1) is 0 Å². The SMILES string of the molecule is CCOC(=O)OCCN(CCOC(=O)OCC)c1ccc(Cl)cc1. The third-order valence-corrected chi connectivity index (χ3v) is 3.13. The summed E-state index contributed by atoms with van der Waals surface area (Å²) < 4.78 is 19.3. The molecule has 0 N–H and O–H groups in total. The molecular formula is C16H22ClNO6. The van der Waals surface area contributed by atoms with Gasteiger partial charge in [-0.05, 0) is 38.1 Å². The molecule has 0 amide bonds. The van der Waals surface area contributed by atoms with Crippen molar-refractivity contribution < 1.29 is 28.5 Å². The van der Waals surface area contributed by atoms with E-state index in [1.165, 1.54) is 0 Å². The fraction of sp³-hybridized carbons (Fsp3) is 0.500. The number of carbonyl (C=O) groups excluding carboxylic acids is 2. The van der Waals surface area contributed by atoms with Crippen LogP contribution in [0.5, 0.6) is 0 Å². The maximum absolute atomic E-state index is 11.2. The third-order valence-electron chi connectivity index (χ3n) is 2.88. The highest BCUT2D eigenvalue weighted by molar-refractivity contribution is 6.30. The average molecular weight is 360 g/mol. The van der Waals surface area contributed by atoms with Crippen LogP contribution in [0.1, 0.15) is 13.8 Å². The predicted molar refractivity (Wildman–Crippen MR) is 89.6 cm³/mol. The standard InChI is InChI=1S/C16H22ClNO6/c1-3-21-15(19)23-11-9-18(10-12-24-16(20)22-4-2)14-7-5-13(17)6-8-14/h5-8H,3-4,9-12H2,1-2H3. The number of anilines is 1. The Hall–Kier alpha value is -2.15. The number of hydrogen-bond donors (Lipinski definition) is 0. The first-order valence-corrected chi connectivity index (χ1v) is 8.04. The normalized spacial score (nSPS) is 9.96. The monoisotopic (exact) mass is 359 g/mol. The van der Waals surface area contributed by atoms with Gasteiger partial charge in [0.1, 0.15) is 13.2 Å². The molecule has 0 aromatic heterocycles. The Bertz CT molecular complexity index is 484. The van der Waals surface area contributed by atoms with E-state index < -0.39 is 12.3 Å². The van der Waals surface area contributed by atoms with Crippen molar-refractivity contribution in [3.05, 3.63) is 29.3 Å². The fourth-order valence-electron chi connectivity index (χ4n) is 1.82. The molecular weight excluding hydrogens is 338 g/mol. The molecule has 1 aromatic rings. The predicted octanol–water partition coefficient (Wildman–Crippen LogP) is 3.49. The molecule has 7 nitrogen and oxygen atoms in total. The van der Waals surface area contributed by atoms with Crippen molar-refractivity contribution in [1.82, 2.24) is 0 Å². The second-order valence-electron chi connectivity index (χ2n) is 4.53. The van der Waals surface area contributed by atoms with Crippen LogP contribution < -0.4 is 4.90 Å². The highest BCUT2D eigenvalue weighted by Crippen LogP contribution is 2.17. The zero-order valence-corrected chi connectivity index (χ0v) is 14.6. The van der Waals surface area contributed by atoms with Crippen LogP contribution in [-0.2, 0) is 18.9 Å². The molecule has 0 unspecified atom stereocenters. The van der Waals surface area contributed by atoms with Gasteiger partial charge in [0.15, 0.2) is 0 Å². The molecule has 24 heavy (non-hydrogen) atoms. The Morgan fingerprint density at radius 2 is 1.33 bits per heavy atom. The summed E-state index contributed by atoms with van der Waals surface area (Å²) >= 11 is 5.89. The van der Waals surface area contributed by atoms with E-state index in [9.17, 15) is 9.59 Å². The van der Waals surface area contributed by atoms with Crippen LogP contribution in [0.15, 0.2) is 24.3 Å². The average Bonchev–Trinajstić information content (AvgIpc) is 2.55. The summed E-state index contributed by atoms with van der Waals surface area (Å²) in [5.41, 5.74) is 0.860. The number of benzene rings is 1. The van der Waals surface area contributed by atoms with Crippen LogP contribution in [0.3, 0.4) is 0 Å². The van der Waals surface area contributed by atoms with Crippen molar-refractivity contribution in [2.75, 3.05) is 44.4 Å². The molecule has 0 fully saturated rings. The lowest BCUT2D eigenvalue weighted by Gasteiger charge is -2.24. The molecule has 0 atom stereocenters. The molecule has 0 radical (unpaired) electrons. The lowest BCUT2D eigenvalue weighted by Crippen LogP contribution is -2.32. The first kappa shape index (κ1) is 19.9. The second kappa shape index (κ2) is 11.4. The van der Waals surface area contributed by atoms with Gasteiger partial charge in [-0.3, -0.25) is 0 Å². The van der Waals surface area contributed by atoms with E-state index >= 15 is 0 Å². The molecule has 0 aliphatic heterocycles. The number of rotatable bonds is 9. The van der Waals surface area contributed by atoms with Gasteiger partial charge in [0.25, 0.3) is 0 Å². The molecule has 1 aromatic carbocycles. The summed E-state index contributed by atoms with van der Waals surface area (Å²) in [5, 5.41) is 0.615. The molecule has 0 bridgehead atoms. The van der Waals surface area contributed by atoms with E-state index in [2.05, 4.69) is 0 Å². The highest BCUT2D eigenvalue weighted by Gasteiger charge is 2.11. The fourth-order valence-corrected chi connectivity index (χ4v) is 1.95. The molecule has 0 saturated carbocycles. The lowest BCUT2D eigenvalue weighted by molar-refractivity contribution is 0.0583. The quantitative estimate of drug-likeness (QED) is 0.625. The number of carbonyl (C=O) groups is 2. The first-order valence-electron chi connectivity index (χ1n) is 7.66. The van der Waals surface area contributed by atoms with E-state index in [4.69, 9.17) is 30.5 Å². The molecule has 0 spiro atoms. The first-order chi connectivity index (χ1) is 11.6. The van der Waals surface area contributed by atoms with Gasteiger partial charge in [-0.2, -0.15) is 0 Å². The van der Waals surface area contributed by atoms with E-state index in [1.54, 1.807) is 26.0 Å². The van der Waals surface area contributed by atoms with Gasteiger partial charge in [-0.15, -0.1) is 0 Å². The number of nitrogens with zero attached hydrogens (tertiary/aromatic N) is 1. The summed E-state index contributed by atoms with van der Waals surface area (Å²) in [7, 11) is 0. The van der Waals surface area contributed by atoms with Crippen LogP contribution in [0.25, 0.3) is 0 Å². The van der Waals surface area contributed by atoms with Gasteiger partial charge in [-0.25, -0.2) is 9.59 Å². The summed E-state index contributed by atoms with van der Waals surface area (Å²) in [5.74, 6) is 0. The number of halogens is 1. The minimum Gasteiger partial charge on any atom is -0.435 e. The topological polar surface area (TPSA) is 74.3 Å². The van der Waals surface area contributed by atoms with E-state index in [0.717, 1.165) is 5.69 Å². The number of ether oxygens (including phenoxy) is 4. The number of hydrogen-bond acceptors (Lipinski definition) is 7. The molecule has 0 saturated heterocycles. The van der Waals surface area contributed by atoms with E-state index in [0.29, 0.717) is 18.1 Å². The van der Waals surface area contributed by atoms with Crippen molar-refractivity contribution in [1.29, 1.82) is 0 Å². The molecule has 0 aliphatic carbocycles. The van der Waals surface area contributed by atoms with Crippen LogP contribution in [0.2, 0.25) is 5.02 Å². The minimum atomic E-state index is -0.712. The summed E-state index contributed by atoms with van der Waals surface area (Å²) in [6.45, 7) is 5.02. The zero-order chi connectivity index (χ0) is 17.8. The van der Waals surface area contributed by atoms with Crippen molar-refractivity contribution in [3.8, 4) is 0 Å². The summed E-state index contributed by atoms with van der Waals surface area (Å²) in [6.07, 6.45) is -1.42. The van der Waals surface area contributed by atoms with Gasteiger partial charge in [0.05, 0.1) is 26.3 Å². The Balaban J connectivity index is 2.54. The van der Waals surface area contributed by atoms with Gasteiger partial charge in [0.2, 0.25) is 0 Å². The Labute approximate surface area is 146 Å². The second-order valence-corrected chi connectivity index (χ2v) is 4.96. The smallest absolute Gasteiger partial charge is 0.435 e. The van der Waals surface area contributed by atoms with E-state index in [-0.39, 0.29) is 26.4 Å². The summed E-state index contributed by atoms with van der Waals surface area (Å²) in [6, 6.07) is 7.17. The van der Waals surface area contributed by atoms with Crippen molar-refractivity contribution in [2.24, 2.45) is 0 Å². The van der Waals surface area contributed by atoms with Crippen molar-refractivity contribution in [3.63, 3.8) is 0 Å². The zero-order valence-electron chi connectivity index (χ0n) is 13.8. The Morgan fingerprint density at radius 3 is 1.75 bits per heavy atom. The van der Waals surface area contributed by atoms with Crippen LogP contribution in [-0.4, -0.2) is 51.8 Å². The van der Waals surface area contributed by atoms with Gasteiger partial charge in [0, 0.05) is 10.7 Å². The Kier molecular flexibility index (Phi) is 9.45. The van der Waals surface area contributed by atoms with Crippen LogP contribution in [0.4, 0.5) is 15.3 Å². The third kappa shape index (κ3) is 7.92. The molecule has 1 rings (SSSR count). The maximum atomic E-state index is 11.2. The van der Waals surface area contributed by atoms with Gasteiger partial charge >= 0.3 is 12.3 Å². The molecule has 0 heterocycles. The highest BCUT2D eigenvalue weighted by atomic mass is 35.5. The molecule has 134 valence electrons. The molecule has 0 aliphatic rings. The van der Waals surface area contributed by atoms with Crippen molar-refractivity contribution >= 4 is 29.6 Å². The summed E-state index contributed by atoms with van der Waals surface area (Å²) in [4.78, 5) is 24.3. The van der Waals surface area contributed by atoms with E-state index in [1.807, 2.05) is 17.0 Å². The van der Waals surface area contributed by atoms with Crippen molar-refractivity contribution in [2.45, 2.75) is 13.8 Å². The van der Waals surface area contributed by atoms with Gasteiger partial charge < -0.3 is 23.8 Å².